The molecule has 0 saturated heterocycles. The standard InChI is InChI=1S/C25H24N4O3/c1-16(17-6-8-18(9-7-17)19-10-12-26-13-11-19)28-25(32)29-23(24(30)31)14-20-15-27-22-5-3-2-4-21(20)22/h2-13,15-16,23,27H,14H2,1H3,(H,30,31)(H2,28,29,32)/t16?,23-/m0/s1. The number of amides is 2. The molecule has 0 bridgehead atoms. The first-order chi connectivity index (χ1) is 15.5. The highest BCUT2D eigenvalue weighted by atomic mass is 16.4. The number of aliphatic carboxylic acids is 1. The number of H-pyrrole nitrogens is 1. The Morgan fingerprint density at radius 2 is 1.66 bits per heavy atom. The molecule has 4 aromatic rings. The molecule has 4 N–H and O–H groups in total. The minimum absolute atomic E-state index is 0.182. The molecule has 162 valence electrons. The molecule has 2 aromatic carbocycles. The number of fused-ring (bicyclic) bond motifs is 1. The van der Waals surface area contributed by atoms with Crippen molar-refractivity contribution in [2.24, 2.45) is 0 Å². The van der Waals surface area contributed by atoms with Gasteiger partial charge in [-0.2, -0.15) is 0 Å². The Morgan fingerprint density at radius 1 is 0.969 bits per heavy atom. The van der Waals surface area contributed by atoms with Crippen molar-refractivity contribution in [1.82, 2.24) is 20.6 Å². The number of nitrogens with one attached hydrogen (secondary N) is 3. The minimum atomic E-state index is -1.08. The first kappa shape index (κ1) is 21.1. The molecule has 7 heteroatoms. The number of aromatic nitrogens is 2. The summed E-state index contributed by atoms with van der Waals surface area (Å²) in [5.41, 5.74) is 4.80. The minimum Gasteiger partial charge on any atom is -0.480 e. The molecule has 2 atom stereocenters. The quantitative estimate of drug-likeness (QED) is 0.352. The SMILES string of the molecule is CC(NC(=O)N[C@@H](Cc1c[nH]c2ccccc12)C(=O)O)c1ccc(-c2ccncc2)cc1. The van der Waals surface area contributed by atoms with Crippen LogP contribution in [-0.4, -0.2) is 33.1 Å². The van der Waals surface area contributed by atoms with Crippen molar-refractivity contribution >= 4 is 22.9 Å². The Morgan fingerprint density at radius 3 is 2.38 bits per heavy atom. The highest BCUT2D eigenvalue weighted by Gasteiger charge is 2.22. The Labute approximate surface area is 185 Å². The lowest BCUT2D eigenvalue weighted by atomic mass is 10.0. The molecule has 0 fully saturated rings. The summed E-state index contributed by atoms with van der Waals surface area (Å²) in [5, 5.41) is 16.0. The number of para-hydroxylation sites is 1. The molecule has 2 heterocycles. The maximum atomic E-state index is 12.5. The predicted molar refractivity (Wildman–Crippen MR) is 123 cm³/mol. The average Bonchev–Trinajstić information content (AvgIpc) is 3.22. The van der Waals surface area contributed by atoms with Gasteiger partial charge < -0.3 is 20.7 Å². The lowest BCUT2D eigenvalue weighted by Crippen LogP contribution is -2.47. The Balaban J connectivity index is 1.39. The van der Waals surface area contributed by atoms with E-state index in [4.69, 9.17) is 0 Å². The summed E-state index contributed by atoms with van der Waals surface area (Å²) in [7, 11) is 0. The molecule has 2 aromatic heterocycles. The van der Waals surface area contributed by atoms with Crippen LogP contribution in [0.25, 0.3) is 22.0 Å². The zero-order valence-corrected chi connectivity index (χ0v) is 17.6. The third-order valence-electron chi connectivity index (χ3n) is 5.47. The van der Waals surface area contributed by atoms with Gasteiger partial charge in [-0.3, -0.25) is 4.98 Å². The van der Waals surface area contributed by atoms with E-state index in [1.165, 1.54) is 0 Å². The second kappa shape index (κ2) is 9.34. The van der Waals surface area contributed by atoms with E-state index in [1.807, 2.05) is 67.6 Å². The summed E-state index contributed by atoms with van der Waals surface area (Å²) in [4.78, 5) is 31.4. The van der Waals surface area contributed by atoms with Gasteiger partial charge in [-0.15, -0.1) is 0 Å². The van der Waals surface area contributed by atoms with Crippen LogP contribution >= 0.6 is 0 Å². The Bertz CT molecular complexity index is 1220. The van der Waals surface area contributed by atoms with Crippen molar-refractivity contribution in [3.05, 3.63) is 90.4 Å². The van der Waals surface area contributed by atoms with Crippen molar-refractivity contribution in [3.63, 3.8) is 0 Å². The first-order valence-electron chi connectivity index (χ1n) is 10.4. The lowest BCUT2D eigenvalue weighted by molar-refractivity contribution is -0.139. The molecule has 32 heavy (non-hydrogen) atoms. The zero-order chi connectivity index (χ0) is 22.5. The number of urea groups is 1. The third kappa shape index (κ3) is 4.78. The van der Waals surface area contributed by atoms with Crippen molar-refractivity contribution < 1.29 is 14.7 Å². The summed E-state index contributed by atoms with van der Waals surface area (Å²) >= 11 is 0. The van der Waals surface area contributed by atoms with Crippen LogP contribution in [0.1, 0.15) is 24.1 Å². The fourth-order valence-electron chi connectivity index (χ4n) is 3.71. The molecule has 0 aliphatic heterocycles. The van der Waals surface area contributed by atoms with Crippen LogP contribution < -0.4 is 10.6 Å². The number of benzene rings is 2. The Hall–Kier alpha value is -4.13. The molecule has 4 rings (SSSR count). The van der Waals surface area contributed by atoms with E-state index in [-0.39, 0.29) is 12.5 Å². The third-order valence-corrected chi connectivity index (χ3v) is 5.47. The van der Waals surface area contributed by atoms with E-state index in [0.29, 0.717) is 0 Å². The van der Waals surface area contributed by atoms with Crippen molar-refractivity contribution in [1.29, 1.82) is 0 Å². The highest BCUT2D eigenvalue weighted by Crippen LogP contribution is 2.22. The van der Waals surface area contributed by atoms with Crippen LogP contribution in [0.15, 0.2) is 79.3 Å². The molecule has 0 radical (unpaired) electrons. The van der Waals surface area contributed by atoms with Gasteiger partial charge in [0.2, 0.25) is 0 Å². The second-order valence-corrected chi connectivity index (χ2v) is 7.65. The summed E-state index contributed by atoms with van der Waals surface area (Å²) in [6.45, 7) is 1.86. The van der Waals surface area contributed by atoms with Crippen molar-refractivity contribution in [2.45, 2.75) is 25.4 Å². The van der Waals surface area contributed by atoms with Crippen molar-refractivity contribution in [2.75, 3.05) is 0 Å². The molecule has 0 aliphatic rings. The number of hydrogen-bond acceptors (Lipinski definition) is 3. The van der Waals surface area contributed by atoms with Gasteiger partial charge in [0.05, 0.1) is 6.04 Å². The lowest BCUT2D eigenvalue weighted by Gasteiger charge is -2.19. The van der Waals surface area contributed by atoms with Gasteiger partial charge in [0.25, 0.3) is 0 Å². The number of aromatic amines is 1. The number of hydrogen-bond donors (Lipinski definition) is 4. The van der Waals surface area contributed by atoms with Gasteiger partial charge in [0.15, 0.2) is 0 Å². The first-order valence-corrected chi connectivity index (χ1v) is 10.4. The van der Waals surface area contributed by atoms with Gasteiger partial charge >= 0.3 is 12.0 Å². The fraction of sp³-hybridized carbons (Fsp3) is 0.160. The normalized spacial score (nSPS) is 12.8. The topological polar surface area (TPSA) is 107 Å². The number of rotatable bonds is 7. The van der Waals surface area contributed by atoms with E-state index in [1.54, 1.807) is 18.6 Å². The molecule has 7 nitrogen and oxygen atoms in total. The van der Waals surface area contributed by atoms with Crippen LogP contribution in [0, 0.1) is 0 Å². The molecule has 0 aliphatic carbocycles. The maximum Gasteiger partial charge on any atom is 0.326 e. The van der Waals surface area contributed by atoms with E-state index in [0.717, 1.165) is 33.2 Å². The van der Waals surface area contributed by atoms with Gasteiger partial charge in [-0.1, -0.05) is 42.5 Å². The van der Waals surface area contributed by atoms with Crippen LogP contribution in [0.4, 0.5) is 4.79 Å². The molecule has 0 spiro atoms. The van der Waals surface area contributed by atoms with Crippen molar-refractivity contribution in [3.8, 4) is 11.1 Å². The Kier molecular flexibility index (Phi) is 6.17. The highest BCUT2D eigenvalue weighted by molar-refractivity contribution is 5.86. The van der Waals surface area contributed by atoms with Gasteiger partial charge in [-0.05, 0) is 47.4 Å². The van der Waals surface area contributed by atoms with Gasteiger partial charge in [-0.25, -0.2) is 9.59 Å². The number of carboxylic acid groups (broad SMARTS) is 1. The van der Waals surface area contributed by atoms with Crippen LogP contribution in [0.3, 0.4) is 0 Å². The zero-order valence-electron chi connectivity index (χ0n) is 17.6. The smallest absolute Gasteiger partial charge is 0.326 e. The number of carboxylic acids is 1. The molecule has 0 saturated carbocycles. The molecular formula is C25H24N4O3. The van der Waals surface area contributed by atoms with Crippen LogP contribution in [-0.2, 0) is 11.2 Å². The number of carbonyl (C=O) groups is 2. The maximum absolute atomic E-state index is 12.5. The van der Waals surface area contributed by atoms with Crippen LogP contribution in [0.2, 0.25) is 0 Å². The average molecular weight is 428 g/mol. The van der Waals surface area contributed by atoms with Crippen LogP contribution in [0.5, 0.6) is 0 Å². The fourth-order valence-corrected chi connectivity index (χ4v) is 3.71. The van der Waals surface area contributed by atoms with E-state index in [9.17, 15) is 14.7 Å². The summed E-state index contributed by atoms with van der Waals surface area (Å²) in [6.07, 6.45) is 5.45. The van der Waals surface area contributed by atoms with E-state index in [2.05, 4.69) is 20.6 Å². The molecular weight excluding hydrogens is 404 g/mol. The summed E-state index contributed by atoms with van der Waals surface area (Å²) < 4.78 is 0. The molecule has 1 unspecified atom stereocenters. The van der Waals surface area contributed by atoms with E-state index >= 15 is 0 Å². The number of nitrogens with zero attached hydrogens (tertiary/aromatic N) is 1. The number of pyridine rings is 1. The summed E-state index contributed by atoms with van der Waals surface area (Å²) in [5.74, 6) is -1.08. The monoisotopic (exact) mass is 428 g/mol. The van der Waals surface area contributed by atoms with Gasteiger partial charge in [0, 0.05) is 35.9 Å². The number of carbonyl (C=O) groups excluding carboxylic acids is 1. The largest absolute Gasteiger partial charge is 0.480 e. The second-order valence-electron chi connectivity index (χ2n) is 7.65. The predicted octanol–water partition coefficient (Wildman–Crippen LogP) is 4.29. The van der Waals surface area contributed by atoms with E-state index < -0.39 is 18.0 Å². The summed E-state index contributed by atoms with van der Waals surface area (Å²) in [6, 6.07) is 17.5. The van der Waals surface area contributed by atoms with Gasteiger partial charge in [0.1, 0.15) is 6.04 Å². The molecule has 2 amide bonds.